The monoisotopic (exact) mass is 234 g/mol. The van der Waals surface area contributed by atoms with Crippen molar-refractivity contribution in [2.75, 3.05) is 12.0 Å². The molecule has 0 heterocycles. The van der Waals surface area contributed by atoms with E-state index in [9.17, 15) is 4.79 Å². The van der Waals surface area contributed by atoms with E-state index in [-0.39, 0.29) is 11.9 Å². The molecule has 0 aliphatic rings. The van der Waals surface area contributed by atoms with Crippen molar-refractivity contribution in [3.05, 3.63) is 0 Å². The topological polar surface area (TPSA) is 75.4 Å². The van der Waals surface area contributed by atoms with E-state index in [4.69, 9.17) is 10.8 Å². The van der Waals surface area contributed by atoms with E-state index in [0.29, 0.717) is 12.8 Å². The Morgan fingerprint density at radius 1 is 1.53 bits per heavy atom. The second kappa shape index (κ2) is 7.96. The summed E-state index contributed by atoms with van der Waals surface area (Å²) in [4.78, 5) is 11.5. The summed E-state index contributed by atoms with van der Waals surface area (Å²) in [6.07, 6.45) is 2.83. The number of carbonyl (C=O) groups is 1. The van der Waals surface area contributed by atoms with Gasteiger partial charge in [-0.3, -0.25) is 4.79 Å². The van der Waals surface area contributed by atoms with Gasteiger partial charge in [-0.15, -0.1) is 0 Å². The number of nitrogens with two attached hydrogens (primary N) is 1. The van der Waals surface area contributed by atoms with Crippen LogP contribution in [-0.4, -0.2) is 41.2 Å². The molecule has 0 aromatic heterocycles. The number of hydrogen-bond acceptors (Lipinski definition) is 4. The summed E-state index contributed by atoms with van der Waals surface area (Å²) in [7, 11) is 0. The van der Waals surface area contributed by atoms with Crippen molar-refractivity contribution in [3.8, 4) is 0 Å². The molecule has 0 aromatic carbocycles. The summed E-state index contributed by atoms with van der Waals surface area (Å²) in [6, 6.07) is -0.466. The zero-order valence-corrected chi connectivity index (χ0v) is 10.5. The van der Waals surface area contributed by atoms with Crippen molar-refractivity contribution in [3.63, 3.8) is 0 Å². The van der Waals surface area contributed by atoms with Gasteiger partial charge in [0.15, 0.2) is 0 Å². The zero-order chi connectivity index (χ0) is 11.8. The highest BCUT2D eigenvalue weighted by atomic mass is 32.2. The van der Waals surface area contributed by atoms with Crippen molar-refractivity contribution in [1.29, 1.82) is 0 Å². The molecule has 0 aliphatic heterocycles. The fourth-order valence-corrected chi connectivity index (χ4v) is 1.79. The van der Waals surface area contributed by atoms with E-state index in [1.54, 1.807) is 18.7 Å². The predicted molar refractivity (Wildman–Crippen MR) is 64.9 cm³/mol. The van der Waals surface area contributed by atoms with Crippen molar-refractivity contribution in [2.45, 2.75) is 44.9 Å². The van der Waals surface area contributed by atoms with Gasteiger partial charge in [-0.25, -0.2) is 0 Å². The molecule has 15 heavy (non-hydrogen) atoms. The first kappa shape index (κ1) is 14.7. The smallest absolute Gasteiger partial charge is 0.237 e. The number of thioether (sulfide) groups is 1. The second-order valence-electron chi connectivity index (χ2n) is 3.88. The minimum atomic E-state index is -0.436. The van der Waals surface area contributed by atoms with Crippen molar-refractivity contribution < 1.29 is 9.90 Å². The van der Waals surface area contributed by atoms with Crippen LogP contribution in [0.4, 0.5) is 0 Å². The number of carbonyl (C=O) groups excluding carboxylic acids is 1. The van der Waals surface area contributed by atoms with Crippen LogP contribution >= 0.6 is 11.8 Å². The van der Waals surface area contributed by atoms with E-state index >= 15 is 0 Å². The molecule has 0 aliphatic carbocycles. The summed E-state index contributed by atoms with van der Waals surface area (Å²) in [5.41, 5.74) is 5.69. The Balaban J connectivity index is 3.80. The molecule has 2 unspecified atom stereocenters. The van der Waals surface area contributed by atoms with Crippen molar-refractivity contribution in [2.24, 2.45) is 5.73 Å². The lowest BCUT2D eigenvalue weighted by Crippen LogP contribution is -2.45. The summed E-state index contributed by atoms with van der Waals surface area (Å²) in [5.74, 6) is 0.761. The van der Waals surface area contributed by atoms with E-state index < -0.39 is 12.1 Å². The largest absolute Gasteiger partial charge is 0.393 e. The third-order valence-corrected chi connectivity index (χ3v) is 2.70. The van der Waals surface area contributed by atoms with E-state index in [0.717, 1.165) is 5.75 Å². The van der Waals surface area contributed by atoms with Crippen LogP contribution in [0.2, 0.25) is 0 Å². The van der Waals surface area contributed by atoms with Crippen molar-refractivity contribution >= 4 is 17.7 Å². The molecule has 4 nitrogen and oxygen atoms in total. The maximum absolute atomic E-state index is 11.5. The van der Waals surface area contributed by atoms with Crippen LogP contribution in [0.5, 0.6) is 0 Å². The summed E-state index contributed by atoms with van der Waals surface area (Å²) < 4.78 is 0. The normalized spacial score (nSPS) is 16.9. The minimum Gasteiger partial charge on any atom is -0.393 e. The Morgan fingerprint density at radius 2 is 2.13 bits per heavy atom. The first-order valence-corrected chi connectivity index (χ1v) is 6.59. The highest BCUT2D eigenvalue weighted by Crippen LogP contribution is 2.01. The van der Waals surface area contributed by atoms with Gasteiger partial charge >= 0.3 is 0 Å². The molecule has 0 spiro atoms. The number of nitrogens with one attached hydrogen (secondary N) is 1. The lowest BCUT2D eigenvalue weighted by atomic mass is 10.1. The molecule has 90 valence electrons. The molecule has 0 saturated heterocycles. The minimum absolute atomic E-state index is 0.0298. The van der Waals surface area contributed by atoms with Gasteiger partial charge in [0.25, 0.3) is 0 Å². The van der Waals surface area contributed by atoms with Crippen LogP contribution in [0.15, 0.2) is 0 Å². The molecule has 1 amide bonds. The Bertz CT molecular complexity index is 188. The van der Waals surface area contributed by atoms with Gasteiger partial charge in [0.2, 0.25) is 5.91 Å². The molecule has 0 rings (SSSR count). The van der Waals surface area contributed by atoms with Crippen LogP contribution < -0.4 is 11.1 Å². The Hall–Kier alpha value is -0.260. The molecule has 0 aromatic rings. The van der Waals surface area contributed by atoms with Gasteiger partial charge in [-0.05, 0) is 38.7 Å². The molecule has 0 saturated carbocycles. The number of hydrogen-bond donors (Lipinski definition) is 3. The molecule has 5 heteroatoms. The van der Waals surface area contributed by atoms with Gasteiger partial charge in [0, 0.05) is 6.04 Å². The van der Waals surface area contributed by atoms with E-state index in [1.165, 1.54) is 0 Å². The average molecular weight is 234 g/mol. The van der Waals surface area contributed by atoms with Gasteiger partial charge in [0.1, 0.15) is 0 Å². The number of amides is 1. The van der Waals surface area contributed by atoms with Gasteiger partial charge in [-0.2, -0.15) is 11.8 Å². The first-order valence-electron chi connectivity index (χ1n) is 5.20. The second-order valence-corrected chi connectivity index (χ2v) is 4.87. The number of rotatable bonds is 7. The van der Waals surface area contributed by atoms with Gasteiger partial charge in [-0.1, -0.05) is 0 Å². The van der Waals surface area contributed by atoms with Crippen LogP contribution in [0, 0.1) is 0 Å². The first-order chi connectivity index (χ1) is 6.97. The molecule has 0 fully saturated rings. The lowest BCUT2D eigenvalue weighted by molar-refractivity contribution is -0.123. The lowest BCUT2D eigenvalue weighted by Gasteiger charge is -2.18. The maximum Gasteiger partial charge on any atom is 0.237 e. The summed E-state index contributed by atoms with van der Waals surface area (Å²) >= 11 is 1.68. The SMILES string of the molecule is CSCC[C@@H](N)C(=O)NC(C)CC(C)O. The Morgan fingerprint density at radius 3 is 2.60 bits per heavy atom. The van der Waals surface area contributed by atoms with E-state index in [1.807, 2.05) is 13.2 Å². The fourth-order valence-electron chi connectivity index (χ4n) is 1.30. The molecule has 4 N–H and O–H groups in total. The third-order valence-electron chi connectivity index (χ3n) is 2.05. The number of aliphatic hydroxyl groups excluding tert-OH is 1. The fraction of sp³-hybridized carbons (Fsp3) is 0.900. The van der Waals surface area contributed by atoms with Gasteiger partial charge in [0.05, 0.1) is 12.1 Å². The van der Waals surface area contributed by atoms with Crippen molar-refractivity contribution in [1.82, 2.24) is 5.32 Å². The van der Waals surface area contributed by atoms with E-state index in [2.05, 4.69) is 5.32 Å². The summed E-state index contributed by atoms with van der Waals surface area (Å²) in [6.45, 7) is 3.57. The van der Waals surface area contributed by atoms with Gasteiger partial charge < -0.3 is 16.2 Å². The van der Waals surface area contributed by atoms with Crippen LogP contribution in [0.3, 0.4) is 0 Å². The zero-order valence-electron chi connectivity index (χ0n) is 9.69. The standard InChI is InChI=1S/C10H22N2O2S/c1-7(6-8(2)13)12-10(14)9(11)4-5-15-3/h7-9,13H,4-6,11H2,1-3H3,(H,12,14)/t7?,8?,9-/m1/s1. The third kappa shape index (κ3) is 7.64. The number of aliphatic hydroxyl groups is 1. The Labute approximate surface area is 96.0 Å². The molecular weight excluding hydrogens is 212 g/mol. The molecule has 3 atom stereocenters. The van der Waals surface area contributed by atoms with Crippen LogP contribution in [-0.2, 0) is 4.79 Å². The molecule has 0 bridgehead atoms. The molecular formula is C10H22N2O2S. The summed E-state index contributed by atoms with van der Waals surface area (Å²) in [5, 5.41) is 11.9. The maximum atomic E-state index is 11.5. The van der Waals surface area contributed by atoms with Crippen LogP contribution in [0.25, 0.3) is 0 Å². The predicted octanol–water partition coefficient (Wildman–Crippen LogP) is 0.342. The highest BCUT2D eigenvalue weighted by molar-refractivity contribution is 7.98. The van der Waals surface area contributed by atoms with Crippen LogP contribution in [0.1, 0.15) is 26.7 Å². The highest BCUT2D eigenvalue weighted by Gasteiger charge is 2.15. The quantitative estimate of drug-likeness (QED) is 0.594. The molecule has 0 radical (unpaired) electrons. The Kier molecular flexibility index (Phi) is 7.82. The average Bonchev–Trinajstić information content (AvgIpc) is 2.12.